The van der Waals surface area contributed by atoms with Crippen molar-refractivity contribution in [3.63, 3.8) is 0 Å². The number of nitriles is 1. The molecule has 0 saturated heterocycles. The fourth-order valence-corrected chi connectivity index (χ4v) is 4.00. The van der Waals surface area contributed by atoms with Crippen molar-refractivity contribution in [2.24, 2.45) is 11.7 Å². The summed E-state index contributed by atoms with van der Waals surface area (Å²) in [5, 5.41) is 14.3. The quantitative estimate of drug-likeness (QED) is 0.474. The smallest absolute Gasteiger partial charge is 0.370 e. The maximum Gasteiger partial charge on any atom is 0.389 e. The molecule has 2 unspecified atom stereocenters. The number of anilines is 3. The zero-order valence-electron chi connectivity index (χ0n) is 18.5. The minimum absolute atomic E-state index is 0.00799. The number of benzene rings is 2. The molecule has 8 nitrogen and oxygen atoms in total. The number of primary amides is 1. The summed E-state index contributed by atoms with van der Waals surface area (Å²) in [7, 11) is 0. The molecule has 4 N–H and O–H groups in total. The van der Waals surface area contributed by atoms with Gasteiger partial charge < -0.3 is 21.3 Å². The van der Waals surface area contributed by atoms with E-state index in [1.165, 1.54) is 17.0 Å². The number of nitrogens with one attached hydrogen (secondary N) is 2. The molecule has 190 valence electrons. The average Bonchev–Trinajstić information content (AvgIpc) is 2.92. The summed E-state index contributed by atoms with van der Waals surface area (Å²) in [5.41, 5.74) is 5.74. The maximum absolute atomic E-state index is 14.2. The third-order valence-electron chi connectivity index (χ3n) is 5.45. The summed E-state index contributed by atoms with van der Waals surface area (Å²) < 4.78 is 52.4. The van der Waals surface area contributed by atoms with E-state index in [-0.39, 0.29) is 28.5 Å². The molecule has 13 heteroatoms. The number of hydrogen-bond donors (Lipinski definition) is 3. The van der Waals surface area contributed by atoms with E-state index in [1.807, 2.05) is 6.07 Å². The molecule has 0 aromatic heterocycles. The number of fused-ring (bicyclic) bond motifs is 1. The average molecular weight is 526 g/mol. The Balaban J connectivity index is 1.96. The van der Waals surface area contributed by atoms with E-state index in [4.69, 9.17) is 17.3 Å². The molecule has 3 rings (SSSR count). The lowest BCUT2D eigenvalue weighted by molar-refractivity contribution is -0.143. The Hall–Kier alpha value is -3.85. The molecule has 2 atom stereocenters. The van der Waals surface area contributed by atoms with Gasteiger partial charge in [0.05, 0.1) is 34.6 Å². The first-order valence-corrected chi connectivity index (χ1v) is 11.0. The molecule has 1 heterocycles. The van der Waals surface area contributed by atoms with Gasteiger partial charge in [0.1, 0.15) is 11.9 Å². The monoisotopic (exact) mass is 525 g/mol. The van der Waals surface area contributed by atoms with E-state index in [0.717, 1.165) is 12.1 Å². The lowest BCUT2D eigenvalue weighted by Crippen LogP contribution is -2.50. The van der Waals surface area contributed by atoms with Gasteiger partial charge in [-0.2, -0.15) is 18.4 Å². The number of carbonyl (C=O) groups is 3. The predicted octanol–water partition coefficient (Wildman–Crippen LogP) is 3.76. The van der Waals surface area contributed by atoms with Crippen LogP contribution in [0.25, 0.3) is 0 Å². The van der Waals surface area contributed by atoms with E-state index >= 15 is 0 Å². The second kappa shape index (κ2) is 10.8. The van der Waals surface area contributed by atoms with E-state index in [0.29, 0.717) is 5.69 Å². The Kier molecular flexibility index (Phi) is 8.04. The zero-order valence-corrected chi connectivity index (χ0v) is 19.3. The number of nitrogens with zero attached hydrogens (tertiary/aromatic N) is 2. The molecular formula is C23H20ClF4N5O3. The third-order valence-corrected chi connectivity index (χ3v) is 5.76. The molecule has 0 aliphatic carbocycles. The minimum Gasteiger partial charge on any atom is -0.370 e. The van der Waals surface area contributed by atoms with Crippen LogP contribution in [-0.2, 0) is 14.4 Å². The summed E-state index contributed by atoms with van der Waals surface area (Å²) in [4.78, 5) is 38.6. The van der Waals surface area contributed by atoms with Crippen LogP contribution in [0.3, 0.4) is 0 Å². The summed E-state index contributed by atoms with van der Waals surface area (Å²) in [6, 6.07) is 8.60. The van der Waals surface area contributed by atoms with Crippen molar-refractivity contribution in [3.05, 3.63) is 52.8 Å². The Labute approximate surface area is 208 Å². The van der Waals surface area contributed by atoms with Crippen LogP contribution < -0.4 is 21.3 Å². The van der Waals surface area contributed by atoms with Gasteiger partial charge in [-0.15, -0.1) is 0 Å². The molecule has 36 heavy (non-hydrogen) atoms. The Morgan fingerprint density at radius 1 is 1.31 bits per heavy atom. The first-order valence-electron chi connectivity index (χ1n) is 10.6. The number of para-hydroxylation sites is 1. The van der Waals surface area contributed by atoms with Gasteiger partial charge in [0.2, 0.25) is 17.7 Å². The van der Waals surface area contributed by atoms with Crippen LogP contribution >= 0.6 is 11.6 Å². The highest BCUT2D eigenvalue weighted by molar-refractivity contribution is 6.34. The molecule has 1 aliphatic heterocycles. The zero-order chi connectivity index (χ0) is 26.6. The number of carbonyl (C=O) groups excluding carboxylic acids is 3. The molecule has 1 aliphatic rings. The van der Waals surface area contributed by atoms with E-state index in [2.05, 4.69) is 10.6 Å². The number of nitrogens with two attached hydrogens (primary N) is 1. The summed E-state index contributed by atoms with van der Waals surface area (Å²) in [6.07, 6.45) is -7.26. The minimum atomic E-state index is -4.57. The van der Waals surface area contributed by atoms with Crippen molar-refractivity contribution in [2.75, 3.05) is 16.8 Å². The molecule has 2 aromatic carbocycles. The van der Waals surface area contributed by atoms with Crippen molar-refractivity contribution in [1.29, 1.82) is 5.26 Å². The molecule has 0 bridgehead atoms. The van der Waals surface area contributed by atoms with Crippen LogP contribution in [0.1, 0.15) is 24.8 Å². The van der Waals surface area contributed by atoms with Gasteiger partial charge in [0, 0.05) is 24.4 Å². The van der Waals surface area contributed by atoms with Crippen molar-refractivity contribution in [3.8, 4) is 6.07 Å². The van der Waals surface area contributed by atoms with Gasteiger partial charge >= 0.3 is 6.18 Å². The largest absolute Gasteiger partial charge is 0.389 e. The fourth-order valence-electron chi connectivity index (χ4n) is 3.78. The van der Waals surface area contributed by atoms with Crippen LogP contribution in [0, 0.1) is 23.1 Å². The Morgan fingerprint density at radius 2 is 2.03 bits per heavy atom. The molecule has 2 aromatic rings. The third kappa shape index (κ3) is 6.63. The first-order chi connectivity index (χ1) is 16.9. The van der Waals surface area contributed by atoms with E-state index in [1.54, 1.807) is 12.1 Å². The lowest BCUT2D eigenvalue weighted by atomic mass is 9.97. The van der Waals surface area contributed by atoms with Crippen LogP contribution in [0.5, 0.6) is 0 Å². The Bertz CT molecular complexity index is 1230. The van der Waals surface area contributed by atoms with Crippen LogP contribution in [-0.4, -0.2) is 36.5 Å². The maximum atomic E-state index is 14.2. The SMILES string of the molecule is N#Cc1cc(F)cc(N2CC(NC(=O)C(CCC(F)(F)F)CC(N)=O)C(=O)Nc3c(Cl)cccc32)c1. The van der Waals surface area contributed by atoms with E-state index in [9.17, 15) is 37.2 Å². The van der Waals surface area contributed by atoms with Gasteiger partial charge in [-0.1, -0.05) is 17.7 Å². The number of rotatable bonds is 7. The van der Waals surface area contributed by atoms with Crippen molar-refractivity contribution < 1.29 is 31.9 Å². The summed E-state index contributed by atoms with van der Waals surface area (Å²) in [5.74, 6) is -4.87. The van der Waals surface area contributed by atoms with Crippen LogP contribution in [0.4, 0.5) is 34.6 Å². The van der Waals surface area contributed by atoms with Gasteiger partial charge in [-0.25, -0.2) is 4.39 Å². The first kappa shape index (κ1) is 26.7. The summed E-state index contributed by atoms with van der Waals surface area (Å²) >= 11 is 6.25. The standard InChI is InChI=1S/C23H20ClF4N5O3/c24-16-2-1-3-18-20(16)32-22(36)17(11-33(18)15-7-12(10-29)6-14(25)9-15)31-21(35)13(8-19(30)34)4-5-23(26,27)28/h1-3,6-7,9,13,17H,4-5,8,11H2,(H2,30,34)(H,31,35)(H,32,36). The molecule has 0 radical (unpaired) electrons. The number of alkyl halides is 3. The van der Waals surface area contributed by atoms with Gasteiger partial charge in [0.15, 0.2) is 0 Å². The van der Waals surface area contributed by atoms with Crippen molar-refractivity contribution >= 4 is 46.4 Å². The second-order valence-corrected chi connectivity index (χ2v) is 8.53. The Morgan fingerprint density at radius 3 is 2.67 bits per heavy atom. The van der Waals surface area contributed by atoms with Crippen molar-refractivity contribution in [1.82, 2.24) is 5.32 Å². The molecule has 3 amide bonds. The molecule has 0 saturated carbocycles. The number of halogens is 5. The highest BCUT2D eigenvalue weighted by Crippen LogP contribution is 2.39. The fraction of sp³-hybridized carbons (Fsp3) is 0.304. The highest BCUT2D eigenvalue weighted by atomic mass is 35.5. The van der Waals surface area contributed by atoms with E-state index < -0.39 is 60.9 Å². The van der Waals surface area contributed by atoms with Crippen LogP contribution in [0.2, 0.25) is 5.02 Å². The highest BCUT2D eigenvalue weighted by Gasteiger charge is 2.35. The predicted molar refractivity (Wildman–Crippen MR) is 123 cm³/mol. The summed E-state index contributed by atoms with van der Waals surface area (Å²) in [6.45, 7) is -0.290. The molecular weight excluding hydrogens is 506 g/mol. The molecule has 0 fully saturated rings. The number of amides is 3. The number of hydrogen-bond acceptors (Lipinski definition) is 5. The lowest BCUT2D eigenvalue weighted by Gasteiger charge is -2.28. The second-order valence-electron chi connectivity index (χ2n) is 8.13. The topological polar surface area (TPSA) is 128 Å². The van der Waals surface area contributed by atoms with Gasteiger partial charge in [-0.3, -0.25) is 14.4 Å². The van der Waals surface area contributed by atoms with Crippen molar-refractivity contribution in [2.45, 2.75) is 31.5 Å². The normalized spacial score (nSPS) is 16.3. The molecule has 0 spiro atoms. The van der Waals surface area contributed by atoms with Gasteiger partial charge in [-0.05, 0) is 36.8 Å². The van der Waals surface area contributed by atoms with Crippen LogP contribution in [0.15, 0.2) is 36.4 Å². The van der Waals surface area contributed by atoms with Gasteiger partial charge in [0.25, 0.3) is 0 Å².